The molecule has 1 aliphatic rings. The highest BCUT2D eigenvalue weighted by Crippen LogP contribution is 2.23. The van der Waals surface area contributed by atoms with Crippen LogP contribution in [-0.2, 0) is 14.8 Å². The number of nitrogens with zero attached hydrogens (tertiary/aromatic N) is 1. The van der Waals surface area contributed by atoms with Gasteiger partial charge in [-0.2, -0.15) is 4.31 Å². The summed E-state index contributed by atoms with van der Waals surface area (Å²) < 4.78 is 26.6. The van der Waals surface area contributed by atoms with Crippen LogP contribution in [0.5, 0.6) is 0 Å². The average molecular weight is 338 g/mol. The fourth-order valence-corrected chi connectivity index (χ4v) is 4.22. The molecule has 1 amide bonds. The second-order valence-corrected chi connectivity index (χ2v) is 8.40. The zero-order valence-electron chi connectivity index (χ0n) is 13.9. The van der Waals surface area contributed by atoms with Crippen molar-refractivity contribution >= 4 is 15.9 Å². The van der Waals surface area contributed by atoms with E-state index in [0.29, 0.717) is 43.3 Å². The van der Waals surface area contributed by atoms with Crippen LogP contribution in [0.1, 0.15) is 33.1 Å². The molecule has 0 aromatic heterocycles. The van der Waals surface area contributed by atoms with E-state index in [1.54, 1.807) is 30.3 Å². The van der Waals surface area contributed by atoms with Crippen molar-refractivity contribution < 1.29 is 13.2 Å². The third kappa shape index (κ3) is 4.78. The molecule has 0 radical (unpaired) electrons. The minimum atomic E-state index is -3.44. The van der Waals surface area contributed by atoms with Crippen LogP contribution in [0, 0.1) is 11.8 Å². The first-order valence-corrected chi connectivity index (χ1v) is 9.68. The quantitative estimate of drug-likeness (QED) is 0.865. The molecule has 1 aliphatic heterocycles. The van der Waals surface area contributed by atoms with E-state index in [2.05, 4.69) is 19.2 Å². The number of hydrogen-bond acceptors (Lipinski definition) is 3. The van der Waals surface area contributed by atoms with Gasteiger partial charge in [-0.1, -0.05) is 32.0 Å². The lowest BCUT2D eigenvalue weighted by Crippen LogP contribution is -2.43. The van der Waals surface area contributed by atoms with E-state index in [-0.39, 0.29) is 11.8 Å². The smallest absolute Gasteiger partial charge is 0.243 e. The monoisotopic (exact) mass is 338 g/mol. The van der Waals surface area contributed by atoms with Crippen LogP contribution in [0.25, 0.3) is 0 Å². The largest absolute Gasteiger partial charge is 0.356 e. The molecule has 0 spiro atoms. The molecule has 1 N–H and O–H groups in total. The number of carbonyl (C=O) groups excluding carboxylic acids is 1. The SMILES string of the molecule is CC(C)CCNC(=O)C1CCN(S(=O)(=O)c2ccccc2)CC1. The number of sulfonamides is 1. The van der Waals surface area contributed by atoms with Crippen molar-refractivity contribution in [2.24, 2.45) is 11.8 Å². The molecule has 1 aromatic rings. The Balaban J connectivity index is 1.87. The Morgan fingerprint density at radius 2 is 1.83 bits per heavy atom. The summed E-state index contributed by atoms with van der Waals surface area (Å²) in [4.78, 5) is 12.4. The molecule has 0 aliphatic carbocycles. The van der Waals surface area contributed by atoms with Crippen molar-refractivity contribution in [2.75, 3.05) is 19.6 Å². The highest BCUT2D eigenvalue weighted by Gasteiger charge is 2.31. The van der Waals surface area contributed by atoms with Crippen molar-refractivity contribution in [2.45, 2.75) is 38.0 Å². The molecule has 0 saturated carbocycles. The Hall–Kier alpha value is -1.40. The maximum atomic E-state index is 12.5. The standard InChI is InChI=1S/C17H26N2O3S/c1-14(2)8-11-18-17(20)15-9-12-19(13-10-15)23(21,22)16-6-4-3-5-7-16/h3-7,14-15H,8-13H2,1-2H3,(H,18,20). The van der Waals surface area contributed by atoms with Crippen molar-refractivity contribution in [3.05, 3.63) is 30.3 Å². The fraction of sp³-hybridized carbons (Fsp3) is 0.588. The second kappa shape index (κ2) is 7.93. The first kappa shape index (κ1) is 17.9. The summed E-state index contributed by atoms with van der Waals surface area (Å²) in [6, 6.07) is 8.47. The summed E-state index contributed by atoms with van der Waals surface area (Å²) >= 11 is 0. The van der Waals surface area contributed by atoms with Crippen LogP contribution in [0.15, 0.2) is 35.2 Å². The lowest BCUT2D eigenvalue weighted by Gasteiger charge is -2.30. The van der Waals surface area contributed by atoms with E-state index < -0.39 is 10.0 Å². The fourth-order valence-electron chi connectivity index (χ4n) is 2.73. The van der Waals surface area contributed by atoms with Gasteiger partial charge in [0.2, 0.25) is 15.9 Å². The van der Waals surface area contributed by atoms with E-state index in [1.165, 1.54) is 4.31 Å². The summed E-state index contributed by atoms with van der Waals surface area (Å²) in [5.41, 5.74) is 0. The maximum Gasteiger partial charge on any atom is 0.243 e. The molecule has 23 heavy (non-hydrogen) atoms. The zero-order chi connectivity index (χ0) is 16.9. The van der Waals surface area contributed by atoms with Gasteiger partial charge in [-0.3, -0.25) is 4.79 Å². The van der Waals surface area contributed by atoms with Crippen LogP contribution in [0.3, 0.4) is 0 Å². The molecular formula is C17H26N2O3S. The predicted molar refractivity (Wildman–Crippen MR) is 90.4 cm³/mol. The summed E-state index contributed by atoms with van der Waals surface area (Å²) in [5, 5.41) is 2.96. The van der Waals surface area contributed by atoms with Crippen LogP contribution >= 0.6 is 0 Å². The number of rotatable bonds is 6. The molecule has 1 aromatic carbocycles. The molecular weight excluding hydrogens is 312 g/mol. The van der Waals surface area contributed by atoms with E-state index >= 15 is 0 Å². The van der Waals surface area contributed by atoms with E-state index in [4.69, 9.17) is 0 Å². The van der Waals surface area contributed by atoms with Gasteiger partial charge in [-0.15, -0.1) is 0 Å². The van der Waals surface area contributed by atoms with Gasteiger partial charge < -0.3 is 5.32 Å². The topological polar surface area (TPSA) is 66.5 Å². The highest BCUT2D eigenvalue weighted by atomic mass is 32.2. The van der Waals surface area contributed by atoms with Crippen LogP contribution < -0.4 is 5.32 Å². The van der Waals surface area contributed by atoms with E-state index in [0.717, 1.165) is 6.42 Å². The van der Waals surface area contributed by atoms with Gasteiger partial charge in [0.25, 0.3) is 0 Å². The third-order valence-corrected chi connectivity index (χ3v) is 6.14. The molecule has 5 nitrogen and oxygen atoms in total. The van der Waals surface area contributed by atoms with Gasteiger partial charge in [-0.05, 0) is 37.3 Å². The first-order valence-electron chi connectivity index (χ1n) is 8.24. The van der Waals surface area contributed by atoms with Crippen LogP contribution in [-0.4, -0.2) is 38.3 Å². The maximum absolute atomic E-state index is 12.5. The molecule has 128 valence electrons. The number of hydrogen-bond donors (Lipinski definition) is 1. The first-order chi connectivity index (χ1) is 10.9. The summed E-state index contributed by atoms with van der Waals surface area (Å²) in [5.74, 6) is 0.542. The number of nitrogens with one attached hydrogen (secondary N) is 1. The molecule has 1 saturated heterocycles. The third-order valence-electron chi connectivity index (χ3n) is 4.23. The summed E-state index contributed by atoms with van der Waals surface area (Å²) in [6.45, 7) is 5.75. The summed E-state index contributed by atoms with van der Waals surface area (Å²) in [7, 11) is -3.44. The van der Waals surface area contributed by atoms with Crippen LogP contribution in [0.4, 0.5) is 0 Å². The van der Waals surface area contributed by atoms with Gasteiger partial charge in [0, 0.05) is 25.6 Å². The Kier molecular flexibility index (Phi) is 6.18. The second-order valence-electron chi connectivity index (χ2n) is 6.46. The predicted octanol–water partition coefficient (Wildman–Crippen LogP) is 2.25. The Morgan fingerprint density at radius 3 is 2.39 bits per heavy atom. The van der Waals surface area contributed by atoms with Gasteiger partial charge in [-0.25, -0.2) is 8.42 Å². The lowest BCUT2D eigenvalue weighted by atomic mass is 9.97. The van der Waals surface area contributed by atoms with Gasteiger partial charge >= 0.3 is 0 Å². The van der Waals surface area contributed by atoms with Crippen molar-refractivity contribution in [3.8, 4) is 0 Å². The zero-order valence-corrected chi connectivity index (χ0v) is 14.7. The average Bonchev–Trinajstić information content (AvgIpc) is 2.55. The number of piperidine rings is 1. The molecule has 2 rings (SSSR count). The molecule has 0 unspecified atom stereocenters. The number of amides is 1. The molecule has 6 heteroatoms. The van der Waals surface area contributed by atoms with Gasteiger partial charge in [0.1, 0.15) is 0 Å². The van der Waals surface area contributed by atoms with Gasteiger partial charge in [0.15, 0.2) is 0 Å². The lowest BCUT2D eigenvalue weighted by molar-refractivity contribution is -0.126. The molecule has 1 fully saturated rings. The minimum absolute atomic E-state index is 0.0578. The van der Waals surface area contributed by atoms with Crippen molar-refractivity contribution in [1.29, 1.82) is 0 Å². The Labute approximate surface area is 139 Å². The van der Waals surface area contributed by atoms with Gasteiger partial charge in [0.05, 0.1) is 4.90 Å². The molecule has 1 heterocycles. The Bertz CT molecular complexity index is 606. The highest BCUT2D eigenvalue weighted by molar-refractivity contribution is 7.89. The Morgan fingerprint density at radius 1 is 1.22 bits per heavy atom. The van der Waals surface area contributed by atoms with E-state index in [9.17, 15) is 13.2 Å². The van der Waals surface area contributed by atoms with Crippen LogP contribution in [0.2, 0.25) is 0 Å². The normalized spacial score (nSPS) is 17.3. The number of benzene rings is 1. The molecule has 0 atom stereocenters. The molecule has 0 bridgehead atoms. The number of carbonyl (C=O) groups is 1. The van der Waals surface area contributed by atoms with Crippen molar-refractivity contribution in [1.82, 2.24) is 9.62 Å². The minimum Gasteiger partial charge on any atom is -0.356 e. The van der Waals surface area contributed by atoms with E-state index in [1.807, 2.05) is 0 Å². The summed E-state index contributed by atoms with van der Waals surface area (Å²) in [6.07, 6.45) is 2.13. The van der Waals surface area contributed by atoms with Crippen molar-refractivity contribution in [3.63, 3.8) is 0 Å².